The molecule has 5 rings (SSSR count). The molecule has 1 atom stereocenters. The van der Waals surface area contributed by atoms with Crippen LogP contribution in [0.1, 0.15) is 16.9 Å². The zero-order valence-electron chi connectivity index (χ0n) is 22.3. The zero-order valence-corrected chi connectivity index (χ0v) is 23.0. The van der Waals surface area contributed by atoms with Crippen molar-refractivity contribution in [2.75, 3.05) is 59.6 Å². The number of hydrogen-bond acceptors (Lipinski definition) is 8. The van der Waals surface area contributed by atoms with Crippen LogP contribution in [0.4, 0.5) is 0 Å². The maximum Gasteiger partial charge on any atom is 0.409 e. The number of hydrogen-bond donors (Lipinski definition) is 1. The molecule has 1 unspecified atom stereocenters. The highest BCUT2D eigenvalue weighted by Gasteiger charge is 2.50. The average molecular weight is 568 g/mol. The van der Waals surface area contributed by atoms with Crippen LogP contribution >= 0.6 is 11.6 Å². The molecule has 0 spiro atoms. The molecule has 1 N–H and O–H groups in total. The van der Waals surface area contributed by atoms with Crippen LogP contribution < -0.4 is 10.1 Å². The van der Waals surface area contributed by atoms with Crippen LogP contribution in [0.5, 0.6) is 5.75 Å². The fraction of sp³-hybridized carbons (Fsp3) is 0.357. The van der Waals surface area contributed by atoms with Crippen molar-refractivity contribution in [3.63, 3.8) is 0 Å². The molecule has 2 amide bonds. The number of carbonyl (C=O) groups is 3. The summed E-state index contributed by atoms with van der Waals surface area (Å²) in [6.45, 7) is 5.55. The van der Waals surface area contributed by atoms with E-state index in [0.717, 1.165) is 44.7 Å². The van der Waals surface area contributed by atoms with E-state index < -0.39 is 16.5 Å². The standard InChI is InChI=1S/C28H31ClN6O5/c1-32-10-12-33(13-11-32)9-4-14-39-24-8-2-5-21(15-24)26-17-25(31-34(26)23-7-3-6-22(29)16-23)28(38)35(40-20-36)18-27(37)30-19-35/h2-3,5-8,15-17,20H,4,9-14,18-19H2,1H3/p+1. The summed E-state index contributed by atoms with van der Waals surface area (Å²) in [6.07, 6.45) is 0.913. The number of carbonyl (C=O) groups excluding carboxylic acids is 3. The van der Waals surface area contributed by atoms with E-state index >= 15 is 0 Å². The molecule has 1 aromatic heterocycles. The molecule has 2 aliphatic heterocycles. The van der Waals surface area contributed by atoms with E-state index in [2.05, 4.69) is 27.3 Å². The fourth-order valence-electron chi connectivity index (χ4n) is 4.91. The van der Waals surface area contributed by atoms with Crippen molar-refractivity contribution in [3.8, 4) is 22.7 Å². The number of hydroxylamine groups is 3. The number of amides is 2. The van der Waals surface area contributed by atoms with Crippen molar-refractivity contribution in [1.82, 2.24) is 24.9 Å². The van der Waals surface area contributed by atoms with Gasteiger partial charge in [-0.15, -0.1) is 0 Å². The average Bonchev–Trinajstić information content (AvgIpc) is 3.57. The summed E-state index contributed by atoms with van der Waals surface area (Å²) >= 11 is 6.26. The van der Waals surface area contributed by atoms with E-state index in [1.807, 2.05) is 30.3 Å². The van der Waals surface area contributed by atoms with E-state index in [-0.39, 0.29) is 25.4 Å². The highest BCUT2D eigenvalue weighted by molar-refractivity contribution is 6.30. The Balaban J connectivity index is 1.39. The molecule has 2 fully saturated rings. The van der Waals surface area contributed by atoms with E-state index in [1.54, 1.807) is 28.9 Å². The highest BCUT2D eigenvalue weighted by Crippen LogP contribution is 2.30. The number of aromatic nitrogens is 2. The molecule has 0 bridgehead atoms. The Bertz CT molecular complexity index is 1390. The molecule has 0 saturated carbocycles. The highest BCUT2D eigenvalue weighted by atomic mass is 35.5. The van der Waals surface area contributed by atoms with Gasteiger partial charge < -0.3 is 19.9 Å². The maximum absolute atomic E-state index is 13.6. The molecular weight excluding hydrogens is 536 g/mol. The second-order valence-electron chi connectivity index (χ2n) is 9.99. The number of quaternary nitrogens is 1. The van der Waals surface area contributed by atoms with Crippen molar-refractivity contribution < 1.29 is 28.6 Å². The van der Waals surface area contributed by atoms with Gasteiger partial charge in [0.05, 0.1) is 18.0 Å². The van der Waals surface area contributed by atoms with Crippen LogP contribution in [-0.2, 0) is 14.4 Å². The topological polar surface area (TPSA) is 106 Å². The van der Waals surface area contributed by atoms with Gasteiger partial charge in [-0.1, -0.05) is 29.8 Å². The number of halogens is 1. The van der Waals surface area contributed by atoms with Crippen LogP contribution in [0.2, 0.25) is 5.02 Å². The normalized spacial score (nSPS) is 19.8. The van der Waals surface area contributed by atoms with E-state index in [0.29, 0.717) is 28.8 Å². The second kappa shape index (κ2) is 12.2. The Morgan fingerprint density at radius 1 is 1.12 bits per heavy atom. The van der Waals surface area contributed by atoms with Crippen LogP contribution in [0, 0.1) is 0 Å². The smallest absolute Gasteiger partial charge is 0.409 e. The molecule has 2 aromatic carbocycles. The number of benzene rings is 2. The molecule has 3 aromatic rings. The number of piperazine rings is 1. The lowest BCUT2D eigenvalue weighted by atomic mass is 10.1. The second-order valence-corrected chi connectivity index (χ2v) is 10.4. The summed E-state index contributed by atoms with van der Waals surface area (Å²) < 4.78 is 6.84. The quantitative estimate of drug-likeness (QED) is 0.226. The van der Waals surface area contributed by atoms with Gasteiger partial charge in [0.25, 0.3) is 5.91 Å². The third-order valence-corrected chi connectivity index (χ3v) is 7.38. The Labute approximate surface area is 237 Å². The number of nitrogens with one attached hydrogen (secondary N) is 1. The minimum atomic E-state index is -0.842. The Morgan fingerprint density at radius 2 is 1.93 bits per heavy atom. The molecule has 2 saturated heterocycles. The van der Waals surface area contributed by atoms with Gasteiger partial charge in [-0.25, -0.2) is 14.3 Å². The summed E-state index contributed by atoms with van der Waals surface area (Å²) in [7, 11) is 2.15. The van der Waals surface area contributed by atoms with Gasteiger partial charge in [-0.3, -0.25) is 9.63 Å². The van der Waals surface area contributed by atoms with Gasteiger partial charge >= 0.3 is 12.4 Å². The Kier molecular flexibility index (Phi) is 8.46. The van der Waals surface area contributed by atoms with Gasteiger partial charge in [-0.2, -0.15) is 5.10 Å². The number of ether oxygens (including phenoxy) is 1. The Morgan fingerprint density at radius 3 is 2.65 bits per heavy atom. The molecule has 0 aliphatic carbocycles. The number of nitrogens with zero attached hydrogens (tertiary/aromatic N) is 5. The minimum absolute atomic E-state index is 0.0341. The number of likely N-dealkylation sites (N-methyl/N-ethyl adjacent to an activating group) is 1. The first-order chi connectivity index (χ1) is 19.4. The van der Waals surface area contributed by atoms with Crippen molar-refractivity contribution >= 4 is 29.9 Å². The SMILES string of the molecule is CN1CCN(CCCOc2cccc(-c3cc(C(=O)[N+]4(OC=O)CNC(=O)C4)nn3-c3cccc(Cl)c3)c2)CC1. The molecule has 12 heteroatoms. The summed E-state index contributed by atoms with van der Waals surface area (Å²) in [4.78, 5) is 46.6. The van der Waals surface area contributed by atoms with Gasteiger partial charge in [0.1, 0.15) is 5.75 Å². The van der Waals surface area contributed by atoms with Crippen LogP contribution in [0.15, 0.2) is 54.6 Å². The van der Waals surface area contributed by atoms with Crippen molar-refractivity contribution in [2.45, 2.75) is 6.42 Å². The molecule has 210 valence electrons. The van der Waals surface area contributed by atoms with Gasteiger partial charge in [-0.05, 0) is 48.4 Å². The molecule has 0 radical (unpaired) electrons. The third-order valence-electron chi connectivity index (χ3n) is 7.14. The zero-order chi connectivity index (χ0) is 28.1. The minimum Gasteiger partial charge on any atom is -0.494 e. The van der Waals surface area contributed by atoms with Crippen molar-refractivity contribution in [3.05, 3.63) is 65.3 Å². The Hall–Kier alpha value is -3.77. The number of rotatable bonds is 10. The van der Waals surface area contributed by atoms with Crippen LogP contribution in [0.25, 0.3) is 16.9 Å². The van der Waals surface area contributed by atoms with Crippen LogP contribution in [-0.4, -0.2) is 102 Å². The lowest BCUT2D eigenvalue weighted by molar-refractivity contribution is -1.01. The molecule has 11 nitrogen and oxygen atoms in total. The van der Waals surface area contributed by atoms with E-state index in [9.17, 15) is 14.4 Å². The van der Waals surface area contributed by atoms with Gasteiger partial charge in [0.2, 0.25) is 13.2 Å². The maximum atomic E-state index is 13.6. The first kappa shape index (κ1) is 27.8. The van der Waals surface area contributed by atoms with Crippen molar-refractivity contribution in [1.29, 1.82) is 0 Å². The first-order valence-electron chi connectivity index (χ1n) is 13.2. The van der Waals surface area contributed by atoms with Gasteiger partial charge in [0, 0.05) is 49.4 Å². The van der Waals surface area contributed by atoms with E-state index in [1.165, 1.54) is 0 Å². The molecular formula is C28H32ClN6O5+. The van der Waals surface area contributed by atoms with Crippen LogP contribution in [0.3, 0.4) is 0 Å². The monoisotopic (exact) mass is 567 g/mol. The predicted octanol–water partition coefficient (Wildman–Crippen LogP) is 2.34. The fourth-order valence-corrected chi connectivity index (χ4v) is 5.09. The molecule has 40 heavy (non-hydrogen) atoms. The molecule has 2 aliphatic rings. The first-order valence-corrected chi connectivity index (χ1v) is 13.6. The summed E-state index contributed by atoms with van der Waals surface area (Å²) in [6, 6.07) is 16.3. The third kappa shape index (κ3) is 6.18. The largest absolute Gasteiger partial charge is 0.494 e. The van der Waals surface area contributed by atoms with E-state index in [4.69, 9.17) is 21.2 Å². The van der Waals surface area contributed by atoms with Crippen molar-refractivity contribution in [2.24, 2.45) is 0 Å². The summed E-state index contributed by atoms with van der Waals surface area (Å²) in [5, 5.41) is 7.62. The predicted molar refractivity (Wildman–Crippen MR) is 148 cm³/mol. The summed E-state index contributed by atoms with van der Waals surface area (Å²) in [5.74, 6) is -0.323. The summed E-state index contributed by atoms with van der Waals surface area (Å²) in [5.41, 5.74) is 2.04. The molecule has 3 heterocycles. The van der Waals surface area contributed by atoms with Gasteiger partial charge in [0.15, 0.2) is 5.69 Å². The lowest BCUT2D eigenvalue weighted by Gasteiger charge is -2.32. The lowest BCUT2D eigenvalue weighted by Crippen LogP contribution is -2.51.